The summed E-state index contributed by atoms with van der Waals surface area (Å²) in [5.74, 6) is -0.779. The van der Waals surface area contributed by atoms with Crippen molar-refractivity contribution in [1.82, 2.24) is 5.48 Å². The molecule has 5 heteroatoms. The van der Waals surface area contributed by atoms with Gasteiger partial charge in [-0.15, -0.1) is 0 Å². The molecule has 0 aliphatic rings. The maximum absolute atomic E-state index is 13.0. The maximum atomic E-state index is 13.0. The molecule has 0 bridgehead atoms. The van der Waals surface area contributed by atoms with E-state index in [0.29, 0.717) is 16.8 Å². The Hall–Kier alpha value is -3.44. The molecule has 0 saturated heterocycles. The van der Waals surface area contributed by atoms with Crippen molar-refractivity contribution in [1.29, 1.82) is 0 Å². The average Bonchev–Trinajstić information content (AvgIpc) is 2.69. The number of carbonyl (C=O) groups excluding carboxylic acids is 2. The zero-order chi connectivity index (χ0) is 17.6. The largest absolute Gasteiger partial charge is 0.288 e. The predicted octanol–water partition coefficient (Wildman–Crippen LogP) is 3.78. The van der Waals surface area contributed by atoms with Gasteiger partial charge >= 0.3 is 0 Å². The lowest BCUT2D eigenvalue weighted by atomic mass is 10.1. The summed E-state index contributed by atoms with van der Waals surface area (Å²) in [7, 11) is 0. The number of para-hydroxylation sites is 1. The first-order chi connectivity index (χ1) is 12.2. The van der Waals surface area contributed by atoms with Gasteiger partial charge in [0.2, 0.25) is 0 Å². The highest BCUT2D eigenvalue weighted by Crippen LogP contribution is 2.27. The Bertz CT molecular complexity index is 862. The zero-order valence-corrected chi connectivity index (χ0v) is 13.3. The van der Waals surface area contributed by atoms with E-state index in [1.165, 1.54) is 0 Å². The normalized spacial score (nSPS) is 10.1. The van der Waals surface area contributed by atoms with Gasteiger partial charge in [-0.2, -0.15) is 0 Å². The number of hydroxylamine groups is 1. The number of rotatable bonds is 4. The Labute approximate surface area is 145 Å². The molecule has 3 aromatic rings. The van der Waals surface area contributed by atoms with Crippen LogP contribution >= 0.6 is 0 Å². The summed E-state index contributed by atoms with van der Waals surface area (Å²) in [4.78, 5) is 26.1. The molecular formula is C20H16N2O3. The number of hydrogen-bond acceptors (Lipinski definition) is 3. The van der Waals surface area contributed by atoms with E-state index in [-0.39, 0.29) is 5.91 Å². The Morgan fingerprint density at radius 1 is 0.680 bits per heavy atom. The van der Waals surface area contributed by atoms with Crippen molar-refractivity contribution in [3.63, 3.8) is 0 Å². The summed E-state index contributed by atoms with van der Waals surface area (Å²) >= 11 is 0. The maximum Gasteiger partial charge on any atom is 0.274 e. The smallest absolute Gasteiger partial charge is 0.274 e. The monoisotopic (exact) mass is 332 g/mol. The molecular weight excluding hydrogens is 316 g/mol. The SMILES string of the molecule is O=C(NO)c1ccc(N(C(=O)c2ccccc2)c2ccccc2)cc1. The van der Waals surface area contributed by atoms with Crippen molar-refractivity contribution in [3.05, 3.63) is 96.1 Å². The van der Waals surface area contributed by atoms with E-state index >= 15 is 0 Å². The Morgan fingerprint density at radius 2 is 1.20 bits per heavy atom. The highest BCUT2D eigenvalue weighted by Gasteiger charge is 2.19. The number of nitrogens with zero attached hydrogens (tertiary/aromatic N) is 1. The van der Waals surface area contributed by atoms with Crippen LogP contribution in [0, 0.1) is 0 Å². The second-order valence-corrected chi connectivity index (χ2v) is 5.33. The second kappa shape index (κ2) is 7.42. The molecule has 2 amide bonds. The molecule has 0 aliphatic heterocycles. The van der Waals surface area contributed by atoms with Gasteiger partial charge in [0, 0.05) is 22.5 Å². The zero-order valence-electron chi connectivity index (χ0n) is 13.3. The van der Waals surface area contributed by atoms with Gasteiger partial charge in [-0.25, -0.2) is 5.48 Å². The van der Waals surface area contributed by atoms with E-state index in [0.717, 1.165) is 5.69 Å². The molecule has 0 spiro atoms. The van der Waals surface area contributed by atoms with Gasteiger partial charge in [-0.3, -0.25) is 19.7 Å². The molecule has 0 aromatic heterocycles. The third-order valence-electron chi connectivity index (χ3n) is 3.73. The molecule has 0 fully saturated rings. The fourth-order valence-corrected chi connectivity index (χ4v) is 2.50. The minimum atomic E-state index is -0.604. The average molecular weight is 332 g/mol. The predicted molar refractivity (Wildman–Crippen MR) is 95.0 cm³/mol. The standard InChI is InChI=1S/C20H16N2O3/c23-19(21-25)15-11-13-18(14-12-15)22(17-9-5-2-6-10-17)20(24)16-7-3-1-4-8-16/h1-14,25H,(H,21,23). The van der Waals surface area contributed by atoms with E-state index < -0.39 is 5.91 Å². The summed E-state index contributed by atoms with van der Waals surface area (Å²) in [5.41, 5.74) is 3.79. The van der Waals surface area contributed by atoms with Crippen molar-refractivity contribution in [2.75, 3.05) is 4.90 Å². The lowest BCUT2D eigenvalue weighted by Gasteiger charge is -2.23. The Morgan fingerprint density at radius 3 is 1.76 bits per heavy atom. The minimum absolute atomic E-state index is 0.175. The van der Waals surface area contributed by atoms with Crippen LogP contribution in [-0.2, 0) is 0 Å². The van der Waals surface area contributed by atoms with Crippen molar-refractivity contribution >= 4 is 23.2 Å². The van der Waals surface area contributed by atoms with Crippen LogP contribution in [0.25, 0.3) is 0 Å². The Balaban J connectivity index is 2.03. The van der Waals surface area contributed by atoms with Crippen molar-refractivity contribution in [2.45, 2.75) is 0 Å². The molecule has 0 saturated carbocycles. The third kappa shape index (κ3) is 3.57. The third-order valence-corrected chi connectivity index (χ3v) is 3.73. The molecule has 3 aromatic carbocycles. The highest BCUT2D eigenvalue weighted by molar-refractivity contribution is 6.11. The van der Waals surface area contributed by atoms with Crippen LogP contribution in [0.2, 0.25) is 0 Å². The highest BCUT2D eigenvalue weighted by atomic mass is 16.5. The van der Waals surface area contributed by atoms with Crippen LogP contribution in [-0.4, -0.2) is 17.0 Å². The van der Waals surface area contributed by atoms with Crippen LogP contribution in [0.1, 0.15) is 20.7 Å². The van der Waals surface area contributed by atoms with Gasteiger partial charge in [0.25, 0.3) is 11.8 Å². The number of anilines is 2. The first-order valence-electron chi connectivity index (χ1n) is 7.70. The molecule has 0 atom stereocenters. The van der Waals surface area contributed by atoms with Gasteiger partial charge < -0.3 is 0 Å². The Kier molecular flexibility index (Phi) is 4.87. The van der Waals surface area contributed by atoms with Gasteiger partial charge in [0.15, 0.2) is 0 Å². The van der Waals surface area contributed by atoms with Crippen LogP contribution in [0.15, 0.2) is 84.9 Å². The summed E-state index contributed by atoms with van der Waals surface area (Å²) in [5, 5.41) is 8.72. The summed E-state index contributed by atoms with van der Waals surface area (Å²) in [6.07, 6.45) is 0. The number of carbonyl (C=O) groups is 2. The molecule has 0 unspecified atom stereocenters. The van der Waals surface area contributed by atoms with E-state index in [4.69, 9.17) is 5.21 Å². The molecule has 0 radical (unpaired) electrons. The molecule has 5 nitrogen and oxygen atoms in total. The molecule has 124 valence electrons. The number of hydrogen-bond donors (Lipinski definition) is 2. The first-order valence-corrected chi connectivity index (χ1v) is 7.70. The number of amides is 2. The van der Waals surface area contributed by atoms with Gasteiger partial charge in [0.05, 0.1) is 0 Å². The number of nitrogens with one attached hydrogen (secondary N) is 1. The molecule has 25 heavy (non-hydrogen) atoms. The van der Waals surface area contributed by atoms with Crippen LogP contribution in [0.5, 0.6) is 0 Å². The molecule has 0 heterocycles. The van der Waals surface area contributed by atoms with E-state index in [1.54, 1.807) is 46.8 Å². The molecule has 3 rings (SSSR count). The van der Waals surface area contributed by atoms with E-state index in [1.807, 2.05) is 48.5 Å². The second-order valence-electron chi connectivity index (χ2n) is 5.33. The van der Waals surface area contributed by atoms with Gasteiger partial charge in [0.1, 0.15) is 0 Å². The number of benzene rings is 3. The quantitative estimate of drug-likeness (QED) is 0.564. The van der Waals surface area contributed by atoms with Crippen molar-refractivity contribution in [3.8, 4) is 0 Å². The summed E-state index contributed by atoms with van der Waals surface area (Å²) in [6.45, 7) is 0. The summed E-state index contributed by atoms with van der Waals surface area (Å²) in [6, 6.07) is 24.7. The van der Waals surface area contributed by atoms with Gasteiger partial charge in [-0.1, -0.05) is 36.4 Å². The minimum Gasteiger partial charge on any atom is -0.288 e. The topological polar surface area (TPSA) is 69.6 Å². The van der Waals surface area contributed by atoms with E-state index in [2.05, 4.69) is 0 Å². The fraction of sp³-hybridized carbons (Fsp3) is 0. The lowest BCUT2D eigenvalue weighted by molar-refractivity contribution is 0.0706. The van der Waals surface area contributed by atoms with Crippen molar-refractivity contribution < 1.29 is 14.8 Å². The van der Waals surface area contributed by atoms with E-state index in [9.17, 15) is 9.59 Å². The molecule has 0 aliphatic carbocycles. The fourth-order valence-electron chi connectivity index (χ4n) is 2.50. The summed E-state index contributed by atoms with van der Waals surface area (Å²) < 4.78 is 0. The van der Waals surface area contributed by atoms with Crippen molar-refractivity contribution in [2.24, 2.45) is 0 Å². The van der Waals surface area contributed by atoms with Crippen LogP contribution < -0.4 is 10.4 Å². The van der Waals surface area contributed by atoms with Crippen LogP contribution in [0.3, 0.4) is 0 Å². The van der Waals surface area contributed by atoms with Crippen LogP contribution in [0.4, 0.5) is 11.4 Å². The van der Waals surface area contributed by atoms with Gasteiger partial charge in [-0.05, 0) is 48.5 Å². The lowest BCUT2D eigenvalue weighted by Crippen LogP contribution is -2.26. The first kappa shape index (κ1) is 16.4. The molecule has 2 N–H and O–H groups in total.